The first-order valence-electron chi connectivity index (χ1n) is 9.85. The van der Waals surface area contributed by atoms with Crippen LogP contribution in [-0.4, -0.2) is 36.0 Å². The summed E-state index contributed by atoms with van der Waals surface area (Å²) >= 11 is 0. The van der Waals surface area contributed by atoms with Crippen LogP contribution in [-0.2, 0) is 6.61 Å². The summed E-state index contributed by atoms with van der Waals surface area (Å²) in [6, 6.07) is 17.3. The molecule has 0 aliphatic carbocycles. The van der Waals surface area contributed by atoms with Crippen molar-refractivity contribution in [3.05, 3.63) is 65.7 Å². The number of carbonyl (C=O) groups is 1. The minimum atomic E-state index is -0.0361. The zero-order valence-corrected chi connectivity index (χ0v) is 16.4. The van der Waals surface area contributed by atoms with E-state index in [1.54, 1.807) is 0 Å². The third-order valence-electron chi connectivity index (χ3n) is 5.29. The second-order valence-electron chi connectivity index (χ2n) is 7.80. The maximum atomic E-state index is 12.8. The number of carbonyl (C=O) groups excluding carboxylic acids is 1. The monoisotopic (exact) mass is 366 g/mol. The molecule has 0 unspecified atom stereocenters. The third-order valence-corrected chi connectivity index (χ3v) is 5.29. The Bertz CT molecular complexity index is 737. The average Bonchev–Trinajstić information content (AvgIpc) is 2.72. The first kappa shape index (κ1) is 19.4. The summed E-state index contributed by atoms with van der Waals surface area (Å²) in [5, 5.41) is 3.14. The van der Waals surface area contributed by atoms with Crippen molar-refractivity contribution in [1.29, 1.82) is 0 Å². The molecule has 0 aromatic heterocycles. The Morgan fingerprint density at radius 1 is 1.00 bits per heavy atom. The molecule has 0 saturated carbocycles. The number of benzene rings is 2. The van der Waals surface area contributed by atoms with Crippen LogP contribution in [0.2, 0.25) is 0 Å². The molecule has 3 rings (SSSR count). The molecule has 4 nitrogen and oxygen atoms in total. The van der Waals surface area contributed by atoms with Crippen molar-refractivity contribution in [2.75, 3.05) is 19.6 Å². The first-order valence-corrected chi connectivity index (χ1v) is 9.85. The molecule has 0 bridgehead atoms. The lowest BCUT2D eigenvalue weighted by Gasteiger charge is -2.41. The maximum absolute atomic E-state index is 12.8. The molecular weight excluding hydrogens is 336 g/mol. The van der Waals surface area contributed by atoms with Gasteiger partial charge in [-0.25, -0.2) is 0 Å². The Morgan fingerprint density at radius 3 is 2.41 bits per heavy atom. The molecule has 4 heteroatoms. The van der Waals surface area contributed by atoms with Crippen LogP contribution >= 0.6 is 0 Å². The normalized spacial score (nSPS) is 15.3. The van der Waals surface area contributed by atoms with E-state index in [1.807, 2.05) is 54.6 Å². The molecule has 1 amide bonds. The van der Waals surface area contributed by atoms with E-state index in [2.05, 4.69) is 24.1 Å². The van der Waals surface area contributed by atoms with Gasteiger partial charge in [-0.3, -0.25) is 9.69 Å². The highest BCUT2D eigenvalue weighted by Crippen LogP contribution is 2.20. The van der Waals surface area contributed by atoms with E-state index in [4.69, 9.17) is 4.74 Å². The van der Waals surface area contributed by atoms with Crippen molar-refractivity contribution in [1.82, 2.24) is 10.2 Å². The largest absolute Gasteiger partial charge is 0.489 e. The Labute approximate surface area is 162 Å². The minimum absolute atomic E-state index is 0.0349. The number of amides is 1. The number of rotatable bonds is 7. The van der Waals surface area contributed by atoms with E-state index >= 15 is 0 Å². The Hall–Kier alpha value is -2.33. The van der Waals surface area contributed by atoms with Gasteiger partial charge in [0, 0.05) is 23.2 Å². The van der Waals surface area contributed by atoms with Crippen molar-refractivity contribution in [2.24, 2.45) is 0 Å². The van der Waals surface area contributed by atoms with Gasteiger partial charge in [0.2, 0.25) is 0 Å². The van der Waals surface area contributed by atoms with Crippen LogP contribution in [0, 0.1) is 0 Å². The van der Waals surface area contributed by atoms with E-state index < -0.39 is 0 Å². The number of hydrogen-bond donors (Lipinski definition) is 1. The summed E-state index contributed by atoms with van der Waals surface area (Å²) in [6.07, 6.45) is 3.81. The van der Waals surface area contributed by atoms with E-state index in [1.165, 1.54) is 19.3 Å². The van der Waals surface area contributed by atoms with Crippen molar-refractivity contribution in [3.63, 3.8) is 0 Å². The molecular formula is C23H30N2O2. The third kappa shape index (κ3) is 5.33. The molecule has 1 heterocycles. The average molecular weight is 367 g/mol. The van der Waals surface area contributed by atoms with Gasteiger partial charge in [0.05, 0.1) is 0 Å². The van der Waals surface area contributed by atoms with Crippen LogP contribution in [0.3, 0.4) is 0 Å². The Balaban J connectivity index is 1.61. The molecule has 144 valence electrons. The van der Waals surface area contributed by atoms with E-state index in [0.29, 0.717) is 18.7 Å². The predicted molar refractivity (Wildman–Crippen MR) is 109 cm³/mol. The Morgan fingerprint density at radius 2 is 1.67 bits per heavy atom. The molecule has 2 aromatic rings. The fourth-order valence-electron chi connectivity index (χ4n) is 3.55. The van der Waals surface area contributed by atoms with Crippen LogP contribution in [0.25, 0.3) is 0 Å². The SMILES string of the molecule is CC(C)(CNC(=O)c1ccccc1COc1ccccc1)N1CCCCC1. The number of nitrogens with one attached hydrogen (secondary N) is 1. The number of likely N-dealkylation sites (tertiary alicyclic amines) is 1. The van der Waals surface area contributed by atoms with Crippen LogP contribution < -0.4 is 10.1 Å². The molecule has 1 N–H and O–H groups in total. The van der Waals surface area contributed by atoms with Gasteiger partial charge in [-0.1, -0.05) is 42.8 Å². The molecule has 27 heavy (non-hydrogen) atoms. The van der Waals surface area contributed by atoms with Crippen LogP contribution in [0.4, 0.5) is 0 Å². The molecule has 1 aliphatic heterocycles. The van der Waals surface area contributed by atoms with Crippen molar-refractivity contribution in [3.8, 4) is 5.75 Å². The first-order chi connectivity index (χ1) is 13.1. The van der Waals surface area contributed by atoms with Crippen LogP contribution in [0.15, 0.2) is 54.6 Å². The zero-order chi connectivity index (χ0) is 19.1. The summed E-state index contributed by atoms with van der Waals surface area (Å²) in [5.74, 6) is 0.770. The summed E-state index contributed by atoms with van der Waals surface area (Å²) in [7, 11) is 0. The van der Waals surface area contributed by atoms with E-state index in [0.717, 1.165) is 24.4 Å². The standard InChI is InChI=1S/C23H30N2O2/c1-23(2,25-15-9-4-10-16-25)18-24-22(26)21-14-8-7-11-19(21)17-27-20-12-5-3-6-13-20/h3,5-8,11-14H,4,9-10,15-18H2,1-2H3,(H,24,26). The number of hydrogen-bond acceptors (Lipinski definition) is 3. The highest BCUT2D eigenvalue weighted by molar-refractivity contribution is 5.95. The van der Waals surface area contributed by atoms with Gasteiger partial charge in [-0.2, -0.15) is 0 Å². The van der Waals surface area contributed by atoms with Gasteiger partial charge in [0.1, 0.15) is 12.4 Å². The van der Waals surface area contributed by atoms with Crippen molar-refractivity contribution in [2.45, 2.75) is 45.3 Å². The minimum Gasteiger partial charge on any atom is -0.489 e. The Kier molecular flexibility index (Phi) is 6.51. The molecule has 1 aliphatic rings. The topological polar surface area (TPSA) is 41.6 Å². The van der Waals surface area contributed by atoms with Gasteiger partial charge in [0.15, 0.2) is 0 Å². The number of ether oxygens (including phenoxy) is 1. The number of nitrogens with zero attached hydrogens (tertiary/aromatic N) is 1. The highest BCUT2D eigenvalue weighted by atomic mass is 16.5. The summed E-state index contributed by atoms with van der Waals surface area (Å²) in [5.41, 5.74) is 1.54. The zero-order valence-electron chi connectivity index (χ0n) is 16.4. The number of piperidine rings is 1. The lowest BCUT2D eigenvalue weighted by Crippen LogP contribution is -2.53. The van der Waals surface area contributed by atoms with Gasteiger partial charge >= 0.3 is 0 Å². The van der Waals surface area contributed by atoms with Gasteiger partial charge in [-0.15, -0.1) is 0 Å². The predicted octanol–water partition coefficient (Wildman–Crippen LogP) is 4.26. The summed E-state index contributed by atoms with van der Waals surface area (Å²) in [6.45, 7) is 7.67. The molecule has 1 fully saturated rings. The van der Waals surface area contributed by atoms with Crippen molar-refractivity contribution >= 4 is 5.91 Å². The van der Waals surface area contributed by atoms with E-state index in [9.17, 15) is 4.79 Å². The summed E-state index contributed by atoms with van der Waals surface area (Å²) < 4.78 is 5.84. The molecule has 2 aromatic carbocycles. The van der Waals surface area contributed by atoms with Gasteiger partial charge < -0.3 is 10.1 Å². The maximum Gasteiger partial charge on any atom is 0.251 e. The van der Waals surface area contributed by atoms with Crippen LogP contribution in [0.1, 0.15) is 49.0 Å². The molecule has 0 spiro atoms. The summed E-state index contributed by atoms with van der Waals surface area (Å²) in [4.78, 5) is 15.3. The second-order valence-corrected chi connectivity index (χ2v) is 7.80. The van der Waals surface area contributed by atoms with Gasteiger partial charge in [-0.05, 0) is 58.0 Å². The van der Waals surface area contributed by atoms with E-state index in [-0.39, 0.29) is 11.4 Å². The molecule has 1 saturated heterocycles. The molecule has 0 atom stereocenters. The highest BCUT2D eigenvalue weighted by Gasteiger charge is 2.28. The van der Waals surface area contributed by atoms with Crippen molar-refractivity contribution < 1.29 is 9.53 Å². The smallest absolute Gasteiger partial charge is 0.251 e. The number of para-hydroxylation sites is 1. The second kappa shape index (κ2) is 9.05. The quantitative estimate of drug-likeness (QED) is 0.796. The van der Waals surface area contributed by atoms with Gasteiger partial charge in [0.25, 0.3) is 5.91 Å². The fraction of sp³-hybridized carbons (Fsp3) is 0.435. The van der Waals surface area contributed by atoms with Crippen LogP contribution in [0.5, 0.6) is 5.75 Å². The molecule has 0 radical (unpaired) electrons. The lowest BCUT2D eigenvalue weighted by atomic mass is 9.98. The fourth-order valence-corrected chi connectivity index (χ4v) is 3.55. The lowest BCUT2D eigenvalue weighted by molar-refractivity contribution is 0.0796.